The zero-order valence-corrected chi connectivity index (χ0v) is 23.4. The number of thioether (sulfide) groups is 1. The molecule has 0 saturated carbocycles. The van der Waals surface area contributed by atoms with Crippen molar-refractivity contribution in [3.8, 4) is 17.2 Å². The van der Waals surface area contributed by atoms with E-state index in [1.54, 1.807) is 26.3 Å². The Morgan fingerprint density at radius 3 is 2.38 bits per heavy atom. The van der Waals surface area contributed by atoms with Crippen molar-refractivity contribution in [2.45, 2.75) is 30.4 Å². The molecule has 0 radical (unpaired) electrons. The molecule has 2 aliphatic heterocycles. The zero-order chi connectivity index (χ0) is 28.1. The predicted octanol–water partition coefficient (Wildman–Crippen LogP) is 4.26. The Morgan fingerprint density at radius 2 is 1.68 bits per heavy atom. The summed E-state index contributed by atoms with van der Waals surface area (Å²) in [6, 6.07) is 22.7. The molecule has 208 valence electrons. The fourth-order valence-electron chi connectivity index (χ4n) is 4.90. The number of nitrogens with one attached hydrogen (secondary N) is 2. The van der Waals surface area contributed by atoms with Crippen LogP contribution in [-0.4, -0.2) is 55.1 Å². The molecule has 2 N–H and O–H groups in total. The van der Waals surface area contributed by atoms with Crippen LogP contribution in [0.2, 0.25) is 0 Å². The van der Waals surface area contributed by atoms with Crippen molar-refractivity contribution in [2.24, 2.45) is 5.10 Å². The molecule has 2 amide bonds. The van der Waals surface area contributed by atoms with Crippen LogP contribution in [0.25, 0.3) is 0 Å². The maximum atomic E-state index is 13.6. The average Bonchev–Trinajstić information content (AvgIpc) is 3.45. The molecule has 3 atom stereocenters. The van der Waals surface area contributed by atoms with Gasteiger partial charge in [-0.2, -0.15) is 5.10 Å². The minimum Gasteiger partial charge on any atom is -0.497 e. The molecule has 5 rings (SSSR count). The van der Waals surface area contributed by atoms with Crippen LogP contribution in [0.3, 0.4) is 0 Å². The van der Waals surface area contributed by atoms with Crippen molar-refractivity contribution < 1.29 is 23.8 Å². The van der Waals surface area contributed by atoms with Crippen molar-refractivity contribution in [1.82, 2.24) is 15.6 Å². The van der Waals surface area contributed by atoms with Gasteiger partial charge in [0.15, 0.2) is 11.5 Å². The summed E-state index contributed by atoms with van der Waals surface area (Å²) in [6.45, 7) is 0. The third-order valence-electron chi connectivity index (χ3n) is 6.99. The van der Waals surface area contributed by atoms with Gasteiger partial charge in [0.05, 0.1) is 38.8 Å². The van der Waals surface area contributed by atoms with Crippen LogP contribution in [0.1, 0.15) is 41.6 Å². The molecule has 3 unspecified atom stereocenters. The van der Waals surface area contributed by atoms with Crippen LogP contribution in [0, 0.1) is 0 Å². The Labute approximate surface area is 237 Å². The highest BCUT2D eigenvalue weighted by molar-refractivity contribution is 8.00. The van der Waals surface area contributed by atoms with Crippen LogP contribution in [0.4, 0.5) is 0 Å². The normalized spacial score (nSPS) is 20.5. The summed E-state index contributed by atoms with van der Waals surface area (Å²) in [7, 11) is 4.80. The standard InChI is InChI=1S/C30H32N4O5S/c1-37-22-12-9-20(10-13-22)24-16-25(21-11-14-26(38-2)27(15-21)39-3)34(33-24)29(36)18-40-30-31-23(17-28(35)32-30)19-7-5-4-6-8-19/h4-15,23,25,30-31H,16-18H2,1-3H3,(H,32,35). The number of nitrogens with zero attached hydrogens (tertiary/aromatic N) is 2. The number of amides is 2. The predicted molar refractivity (Wildman–Crippen MR) is 155 cm³/mol. The molecule has 0 aliphatic carbocycles. The van der Waals surface area contributed by atoms with E-state index >= 15 is 0 Å². The van der Waals surface area contributed by atoms with E-state index < -0.39 is 5.50 Å². The van der Waals surface area contributed by atoms with Crippen molar-refractivity contribution in [2.75, 3.05) is 27.1 Å². The fourth-order valence-corrected chi connectivity index (χ4v) is 5.82. The largest absolute Gasteiger partial charge is 0.497 e. The van der Waals surface area contributed by atoms with E-state index in [1.807, 2.05) is 72.8 Å². The van der Waals surface area contributed by atoms with Crippen LogP contribution >= 0.6 is 11.8 Å². The Morgan fingerprint density at radius 1 is 0.925 bits per heavy atom. The number of ether oxygens (including phenoxy) is 3. The Hall–Kier alpha value is -4.02. The van der Waals surface area contributed by atoms with Crippen molar-refractivity contribution in [1.29, 1.82) is 0 Å². The van der Waals surface area contributed by atoms with Gasteiger partial charge in [-0.3, -0.25) is 14.9 Å². The number of methoxy groups -OCH3 is 3. The summed E-state index contributed by atoms with van der Waals surface area (Å²) in [6.07, 6.45) is 0.880. The lowest BCUT2D eigenvalue weighted by atomic mass is 9.98. The first-order valence-electron chi connectivity index (χ1n) is 13.0. The number of hydrogen-bond donors (Lipinski definition) is 2. The molecule has 3 aromatic rings. The van der Waals surface area contributed by atoms with Crippen molar-refractivity contribution in [3.05, 3.63) is 89.5 Å². The summed E-state index contributed by atoms with van der Waals surface area (Å²) in [5, 5.41) is 12.7. The topological polar surface area (TPSA) is 101 Å². The lowest BCUT2D eigenvalue weighted by Crippen LogP contribution is -2.51. The molecule has 1 fully saturated rings. The highest BCUT2D eigenvalue weighted by atomic mass is 32.2. The van der Waals surface area contributed by atoms with Gasteiger partial charge in [0, 0.05) is 18.9 Å². The minimum absolute atomic E-state index is 0.0539. The number of carbonyl (C=O) groups excluding carboxylic acids is 2. The highest BCUT2D eigenvalue weighted by Crippen LogP contribution is 2.38. The van der Waals surface area contributed by atoms with Crippen LogP contribution < -0.4 is 24.8 Å². The summed E-state index contributed by atoms with van der Waals surface area (Å²) in [5.74, 6) is 1.86. The molecular formula is C30H32N4O5S. The van der Waals surface area contributed by atoms with Gasteiger partial charge in [0.2, 0.25) is 5.91 Å². The highest BCUT2D eigenvalue weighted by Gasteiger charge is 2.35. The molecule has 0 spiro atoms. The maximum Gasteiger partial charge on any atom is 0.253 e. The Bertz CT molecular complexity index is 1380. The van der Waals surface area contributed by atoms with E-state index in [9.17, 15) is 9.59 Å². The first kappa shape index (κ1) is 27.5. The fraction of sp³-hybridized carbons (Fsp3) is 0.300. The van der Waals surface area contributed by atoms with E-state index in [1.165, 1.54) is 11.8 Å². The van der Waals surface area contributed by atoms with E-state index in [4.69, 9.17) is 19.3 Å². The van der Waals surface area contributed by atoms with Crippen molar-refractivity contribution in [3.63, 3.8) is 0 Å². The molecule has 2 aliphatic rings. The lowest BCUT2D eigenvalue weighted by molar-refractivity contribution is -0.130. The van der Waals surface area contributed by atoms with Gasteiger partial charge in [0.1, 0.15) is 11.2 Å². The number of benzene rings is 3. The smallest absolute Gasteiger partial charge is 0.253 e. The second kappa shape index (κ2) is 12.4. The number of hydrogen-bond acceptors (Lipinski definition) is 8. The third kappa shape index (κ3) is 6.08. The number of carbonyl (C=O) groups is 2. The molecule has 1 saturated heterocycles. The SMILES string of the molecule is COc1ccc(C2=NN(C(=O)CSC3NC(=O)CC(c4ccccc4)N3)C(c3ccc(OC)c(OC)c3)C2)cc1. The van der Waals surface area contributed by atoms with Gasteiger partial charge in [-0.05, 0) is 53.1 Å². The monoisotopic (exact) mass is 560 g/mol. The van der Waals surface area contributed by atoms with Crippen LogP contribution in [0.5, 0.6) is 17.2 Å². The molecule has 2 heterocycles. The van der Waals surface area contributed by atoms with Crippen LogP contribution in [-0.2, 0) is 9.59 Å². The quantitative estimate of drug-likeness (QED) is 0.403. The van der Waals surface area contributed by atoms with Gasteiger partial charge in [-0.15, -0.1) is 11.8 Å². The summed E-state index contributed by atoms with van der Waals surface area (Å²) in [5.41, 5.74) is 3.24. The lowest BCUT2D eigenvalue weighted by Gasteiger charge is -2.31. The van der Waals surface area contributed by atoms with Gasteiger partial charge in [0.25, 0.3) is 5.91 Å². The number of hydrazone groups is 1. The molecule has 9 nitrogen and oxygen atoms in total. The Kier molecular flexibility index (Phi) is 8.57. The average molecular weight is 561 g/mol. The summed E-state index contributed by atoms with van der Waals surface area (Å²) >= 11 is 1.34. The Balaban J connectivity index is 1.35. The van der Waals surface area contributed by atoms with E-state index in [2.05, 4.69) is 10.6 Å². The van der Waals surface area contributed by atoms with E-state index in [-0.39, 0.29) is 29.7 Å². The van der Waals surface area contributed by atoms with Gasteiger partial charge in [-0.25, -0.2) is 5.01 Å². The molecule has 10 heteroatoms. The van der Waals surface area contributed by atoms with Gasteiger partial charge in [-0.1, -0.05) is 36.4 Å². The molecule has 0 bridgehead atoms. The molecule has 3 aromatic carbocycles. The molecule has 40 heavy (non-hydrogen) atoms. The maximum absolute atomic E-state index is 13.6. The van der Waals surface area contributed by atoms with Crippen molar-refractivity contribution >= 4 is 29.3 Å². The first-order valence-corrected chi connectivity index (χ1v) is 14.0. The molecule has 0 aromatic heterocycles. The minimum atomic E-state index is -0.400. The van der Waals surface area contributed by atoms with Crippen LogP contribution in [0.15, 0.2) is 77.9 Å². The second-order valence-electron chi connectivity index (χ2n) is 9.44. The third-order valence-corrected chi connectivity index (χ3v) is 7.99. The van der Waals surface area contributed by atoms with Gasteiger partial charge < -0.3 is 19.5 Å². The second-order valence-corrected chi connectivity index (χ2v) is 10.5. The van der Waals surface area contributed by atoms with E-state index in [0.717, 1.165) is 28.2 Å². The molecular weight excluding hydrogens is 528 g/mol. The summed E-state index contributed by atoms with van der Waals surface area (Å²) < 4.78 is 16.2. The van der Waals surface area contributed by atoms with E-state index in [0.29, 0.717) is 24.3 Å². The summed E-state index contributed by atoms with van der Waals surface area (Å²) in [4.78, 5) is 26.1. The number of rotatable bonds is 9. The zero-order valence-electron chi connectivity index (χ0n) is 22.6. The van der Waals surface area contributed by atoms with Gasteiger partial charge >= 0.3 is 0 Å². The first-order chi connectivity index (χ1) is 19.5.